The van der Waals surface area contributed by atoms with E-state index in [0.717, 1.165) is 32.3 Å². The summed E-state index contributed by atoms with van der Waals surface area (Å²) in [4.78, 5) is 0. The van der Waals surface area contributed by atoms with Crippen molar-refractivity contribution in [1.82, 2.24) is 0 Å². The van der Waals surface area contributed by atoms with Crippen molar-refractivity contribution in [2.45, 2.75) is 62.1 Å². The van der Waals surface area contributed by atoms with E-state index in [-0.39, 0.29) is 17.1 Å². The zero-order valence-corrected chi connectivity index (χ0v) is 12.1. The number of hydrogen-bond donors (Lipinski definition) is 1. The SMILES string of the molecule is OC(C1CCOC2(CCC2)C1)C1(c2ccccc2)CC1. The smallest absolute Gasteiger partial charge is 0.0686 e. The standard InChI is InChI=1S/C18H24O2/c19-16(14-7-12-20-17(13-14)8-4-9-17)18(10-11-18)15-5-2-1-3-6-15/h1-3,5-6,14,16,19H,4,7-13H2. The van der Waals surface area contributed by atoms with Crippen molar-refractivity contribution in [2.75, 3.05) is 6.61 Å². The Labute approximate surface area is 121 Å². The van der Waals surface area contributed by atoms with Crippen molar-refractivity contribution in [3.63, 3.8) is 0 Å². The maximum atomic E-state index is 11.0. The van der Waals surface area contributed by atoms with Gasteiger partial charge in [-0.1, -0.05) is 30.3 Å². The third kappa shape index (κ3) is 1.93. The molecule has 1 aromatic carbocycles. The topological polar surface area (TPSA) is 29.5 Å². The van der Waals surface area contributed by atoms with Crippen LogP contribution in [0.15, 0.2) is 30.3 Å². The number of benzene rings is 1. The van der Waals surface area contributed by atoms with Crippen LogP contribution in [0.1, 0.15) is 50.5 Å². The van der Waals surface area contributed by atoms with Crippen LogP contribution in [0.3, 0.4) is 0 Å². The zero-order valence-electron chi connectivity index (χ0n) is 12.1. The molecule has 0 radical (unpaired) electrons. The third-order valence-electron chi connectivity index (χ3n) is 5.95. The molecule has 4 rings (SSSR count). The molecule has 1 spiro atoms. The van der Waals surface area contributed by atoms with Crippen molar-refractivity contribution in [3.05, 3.63) is 35.9 Å². The number of aliphatic hydroxyl groups is 1. The van der Waals surface area contributed by atoms with Crippen molar-refractivity contribution < 1.29 is 9.84 Å². The Hall–Kier alpha value is -0.860. The summed E-state index contributed by atoms with van der Waals surface area (Å²) in [5.41, 5.74) is 1.52. The molecule has 3 aliphatic rings. The molecular weight excluding hydrogens is 248 g/mol. The van der Waals surface area contributed by atoms with E-state index in [0.29, 0.717) is 5.92 Å². The minimum absolute atomic E-state index is 0.0498. The third-order valence-corrected chi connectivity index (χ3v) is 5.95. The van der Waals surface area contributed by atoms with Gasteiger partial charge >= 0.3 is 0 Å². The summed E-state index contributed by atoms with van der Waals surface area (Å²) in [7, 11) is 0. The Morgan fingerprint density at radius 2 is 1.85 bits per heavy atom. The summed E-state index contributed by atoms with van der Waals surface area (Å²) >= 11 is 0. The van der Waals surface area contributed by atoms with Crippen molar-refractivity contribution in [2.24, 2.45) is 5.92 Å². The molecule has 2 heteroatoms. The van der Waals surface area contributed by atoms with E-state index >= 15 is 0 Å². The molecule has 1 aromatic rings. The van der Waals surface area contributed by atoms with Gasteiger partial charge in [-0.25, -0.2) is 0 Å². The van der Waals surface area contributed by atoms with Crippen LogP contribution in [0.25, 0.3) is 0 Å². The van der Waals surface area contributed by atoms with E-state index in [1.165, 1.54) is 24.8 Å². The van der Waals surface area contributed by atoms with Crippen LogP contribution in [-0.2, 0) is 10.2 Å². The molecule has 108 valence electrons. The van der Waals surface area contributed by atoms with Gasteiger partial charge in [0, 0.05) is 12.0 Å². The molecule has 0 amide bonds. The van der Waals surface area contributed by atoms with Crippen LogP contribution in [0, 0.1) is 5.92 Å². The second-order valence-corrected chi connectivity index (χ2v) is 7.10. The summed E-state index contributed by atoms with van der Waals surface area (Å²) in [5, 5.41) is 11.0. The number of hydrogen-bond acceptors (Lipinski definition) is 2. The fourth-order valence-electron chi connectivity index (χ4n) is 4.37. The van der Waals surface area contributed by atoms with Crippen LogP contribution < -0.4 is 0 Å². The van der Waals surface area contributed by atoms with Gasteiger partial charge in [-0.3, -0.25) is 0 Å². The predicted octanol–water partition coefficient (Wildman–Crippen LogP) is 3.43. The highest BCUT2D eigenvalue weighted by Crippen LogP contribution is 2.55. The molecule has 2 saturated carbocycles. The molecule has 2 unspecified atom stereocenters. The van der Waals surface area contributed by atoms with Crippen LogP contribution >= 0.6 is 0 Å². The van der Waals surface area contributed by atoms with E-state index in [1.807, 2.05) is 0 Å². The number of ether oxygens (including phenoxy) is 1. The molecule has 3 fully saturated rings. The summed E-state index contributed by atoms with van der Waals surface area (Å²) < 4.78 is 6.01. The highest BCUT2D eigenvalue weighted by atomic mass is 16.5. The van der Waals surface area contributed by atoms with Crippen LogP contribution in [-0.4, -0.2) is 23.4 Å². The van der Waals surface area contributed by atoms with E-state index in [4.69, 9.17) is 4.74 Å². The van der Waals surface area contributed by atoms with Gasteiger partial charge in [0.05, 0.1) is 11.7 Å². The van der Waals surface area contributed by atoms with Gasteiger partial charge < -0.3 is 9.84 Å². The lowest BCUT2D eigenvalue weighted by Crippen LogP contribution is -2.49. The van der Waals surface area contributed by atoms with Crippen molar-refractivity contribution in [1.29, 1.82) is 0 Å². The predicted molar refractivity (Wildman–Crippen MR) is 78.6 cm³/mol. The zero-order chi connectivity index (χ0) is 13.6. The molecule has 2 nitrogen and oxygen atoms in total. The summed E-state index contributed by atoms with van der Waals surface area (Å²) in [6.07, 6.45) is 7.90. The minimum Gasteiger partial charge on any atom is -0.392 e. The maximum Gasteiger partial charge on any atom is 0.0686 e. The van der Waals surface area contributed by atoms with Gasteiger partial charge in [0.2, 0.25) is 0 Å². The van der Waals surface area contributed by atoms with E-state index < -0.39 is 0 Å². The molecule has 1 aliphatic heterocycles. The molecule has 0 bridgehead atoms. The molecule has 1 heterocycles. The largest absolute Gasteiger partial charge is 0.392 e. The Balaban J connectivity index is 1.53. The summed E-state index contributed by atoms with van der Waals surface area (Å²) in [6, 6.07) is 10.6. The molecule has 2 atom stereocenters. The lowest BCUT2D eigenvalue weighted by atomic mass is 9.68. The van der Waals surface area contributed by atoms with Gasteiger partial charge in [-0.2, -0.15) is 0 Å². The van der Waals surface area contributed by atoms with Gasteiger partial charge in [-0.15, -0.1) is 0 Å². The Bertz CT molecular complexity index is 473. The summed E-state index contributed by atoms with van der Waals surface area (Å²) in [5.74, 6) is 0.423. The fraction of sp³-hybridized carbons (Fsp3) is 0.667. The molecule has 1 N–H and O–H groups in total. The molecular formula is C18H24O2. The molecule has 20 heavy (non-hydrogen) atoms. The van der Waals surface area contributed by atoms with E-state index in [9.17, 15) is 5.11 Å². The monoisotopic (exact) mass is 272 g/mol. The van der Waals surface area contributed by atoms with Crippen LogP contribution in [0.4, 0.5) is 0 Å². The number of rotatable bonds is 3. The first kappa shape index (κ1) is 12.8. The second kappa shape index (κ2) is 4.57. The Morgan fingerprint density at radius 1 is 1.10 bits per heavy atom. The van der Waals surface area contributed by atoms with E-state index in [1.54, 1.807) is 0 Å². The summed E-state index contributed by atoms with van der Waals surface area (Å²) in [6.45, 7) is 0.840. The van der Waals surface area contributed by atoms with Crippen LogP contribution in [0.2, 0.25) is 0 Å². The first-order valence-corrected chi connectivity index (χ1v) is 8.12. The van der Waals surface area contributed by atoms with Gasteiger partial charge in [-0.05, 0) is 56.4 Å². The van der Waals surface area contributed by atoms with Crippen molar-refractivity contribution in [3.8, 4) is 0 Å². The second-order valence-electron chi connectivity index (χ2n) is 7.10. The fourth-order valence-corrected chi connectivity index (χ4v) is 4.37. The molecule has 0 aromatic heterocycles. The lowest BCUT2D eigenvalue weighted by molar-refractivity contribution is -0.159. The van der Waals surface area contributed by atoms with E-state index in [2.05, 4.69) is 30.3 Å². The molecule has 1 saturated heterocycles. The highest BCUT2D eigenvalue weighted by molar-refractivity contribution is 5.33. The Kier molecular flexibility index (Phi) is 2.94. The first-order valence-electron chi connectivity index (χ1n) is 8.12. The average Bonchev–Trinajstić information content (AvgIpc) is 3.28. The maximum absolute atomic E-state index is 11.0. The number of aliphatic hydroxyl groups excluding tert-OH is 1. The van der Waals surface area contributed by atoms with Gasteiger partial charge in [0.15, 0.2) is 0 Å². The lowest BCUT2D eigenvalue weighted by Gasteiger charge is -2.49. The minimum atomic E-state index is -0.189. The average molecular weight is 272 g/mol. The van der Waals surface area contributed by atoms with Crippen LogP contribution in [0.5, 0.6) is 0 Å². The van der Waals surface area contributed by atoms with Gasteiger partial charge in [0.25, 0.3) is 0 Å². The van der Waals surface area contributed by atoms with Crippen molar-refractivity contribution >= 4 is 0 Å². The quantitative estimate of drug-likeness (QED) is 0.913. The highest BCUT2D eigenvalue weighted by Gasteiger charge is 2.55. The normalized spacial score (nSPS) is 31.6. The Morgan fingerprint density at radius 3 is 2.45 bits per heavy atom. The first-order chi connectivity index (χ1) is 9.74. The molecule has 2 aliphatic carbocycles. The van der Waals surface area contributed by atoms with Gasteiger partial charge in [0.1, 0.15) is 0 Å².